The van der Waals surface area contributed by atoms with E-state index in [0.29, 0.717) is 0 Å². The number of benzene rings is 2. The minimum atomic E-state index is 0.749. The van der Waals surface area contributed by atoms with Crippen molar-refractivity contribution in [2.75, 3.05) is 45.3 Å². The van der Waals surface area contributed by atoms with Crippen LogP contribution >= 0.6 is 11.6 Å². The van der Waals surface area contributed by atoms with Crippen LogP contribution in [-0.4, -0.2) is 45.3 Å². The minimum absolute atomic E-state index is 0.749. The van der Waals surface area contributed by atoms with Gasteiger partial charge in [0.15, 0.2) is 0 Å². The number of hydrogen-bond acceptors (Lipinski definition) is 4. The van der Waals surface area contributed by atoms with Gasteiger partial charge in [-0.15, -0.1) is 0 Å². The summed E-state index contributed by atoms with van der Waals surface area (Å²) in [6, 6.07) is 14.0. The van der Waals surface area contributed by atoms with Gasteiger partial charge in [-0.1, -0.05) is 23.7 Å². The molecule has 4 nitrogen and oxygen atoms in total. The SMILES string of the molecule is COc1ccc(Cl)cc1CN1CCN(c2ccccc2OC)CC1. The van der Waals surface area contributed by atoms with Crippen molar-refractivity contribution in [2.45, 2.75) is 6.54 Å². The molecule has 1 heterocycles. The number of piperazine rings is 1. The van der Waals surface area contributed by atoms with Crippen LogP contribution in [0.4, 0.5) is 5.69 Å². The van der Waals surface area contributed by atoms with Gasteiger partial charge in [-0.2, -0.15) is 0 Å². The standard InChI is InChI=1S/C19H23ClN2O2/c1-23-18-8-7-16(20)13-15(18)14-21-9-11-22(12-10-21)17-5-3-4-6-19(17)24-2/h3-8,13H,9-12,14H2,1-2H3. The lowest BCUT2D eigenvalue weighted by Crippen LogP contribution is -2.46. The molecule has 0 unspecified atom stereocenters. The molecule has 1 aliphatic heterocycles. The van der Waals surface area contributed by atoms with E-state index in [1.807, 2.05) is 30.3 Å². The Morgan fingerprint density at radius 3 is 2.33 bits per heavy atom. The highest BCUT2D eigenvalue weighted by molar-refractivity contribution is 6.30. The Morgan fingerprint density at radius 2 is 1.62 bits per heavy atom. The van der Waals surface area contributed by atoms with Crippen molar-refractivity contribution in [3.05, 3.63) is 53.1 Å². The fourth-order valence-electron chi connectivity index (χ4n) is 3.15. The highest BCUT2D eigenvalue weighted by Crippen LogP contribution is 2.29. The van der Waals surface area contributed by atoms with E-state index in [1.165, 1.54) is 5.69 Å². The Balaban J connectivity index is 1.64. The summed E-state index contributed by atoms with van der Waals surface area (Å²) in [5.74, 6) is 1.83. The molecule has 0 atom stereocenters. The molecule has 1 fully saturated rings. The number of ether oxygens (including phenoxy) is 2. The van der Waals surface area contributed by atoms with Crippen molar-refractivity contribution in [3.8, 4) is 11.5 Å². The zero-order valence-corrected chi connectivity index (χ0v) is 14.9. The van der Waals surface area contributed by atoms with E-state index in [0.717, 1.165) is 54.8 Å². The molecular weight excluding hydrogens is 324 g/mol. The number of hydrogen-bond donors (Lipinski definition) is 0. The number of para-hydroxylation sites is 2. The van der Waals surface area contributed by atoms with Gasteiger partial charge in [-0.05, 0) is 30.3 Å². The Morgan fingerprint density at radius 1 is 0.917 bits per heavy atom. The zero-order valence-electron chi connectivity index (χ0n) is 14.2. The monoisotopic (exact) mass is 346 g/mol. The second-order valence-electron chi connectivity index (χ2n) is 5.89. The number of methoxy groups -OCH3 is 2. The first-order chi connectivity index (χ1) is 11.7. The van der Waals surface area contributed by atoms with E-state index in [1.54, 1.807) is 14.2 Å². The van der Waals surface area contributed by atoms with E-state index in [-0.39, 0.29) is 0 Å². The predicted octanol–water partition coefficient (Wildman–Crippen LogP) is 3.68. The average Bonchev–Trinajstić information content (AvgIpc) is 2.62. The van der Waals surface area contributed by atoms with Crippen LogP contribution in [-0.2, 0) is 6.54 Å². The Labute approximate surface area is 148 Å². The summed E-state index contributed by atoms with van der Waals surface area (Å²) >= 11 is 6.13. The lowest BCUT2D eigenvalue weighted by molar-refractivity contribution is 0.245. The van der Waals surface area contributed by atoms with Gasteiger partial charge in [0.1, 0.15) is 11.5 Å². The van der Waals surface area contributed by atoms with Crippen LogP contribution in [0.1, 0.15) is 5.56 Å². The molecule has 0 N–H and O–H groups in total. The van der Waals surface area contributed by atoms with Crippen molar-refractivity contribution < 1.29 is 9.47 Å². The van der Waals surface area contributed by atoms with Crippen LogP contribution in [0.15, 0.2) is 42.5 Å². The first-order valence-corrected chi connectivity index (χ1v) is 8.52. The van der Waals surface area contributed by atoms with E-state index in [9.17, 15) is 0 Å². The molecule has 1 saturated heterocycles. The zero-order chi connectivity index (χ0) is 16.9. The van der Waals surface area contributed by atoms with Gasteiger partial charge >= 0.3 is 0 Å². The van der Waals surface area contributed by atoms with Crippen LogP contribution in [0.2, 0.25) is 5.02 Å². The summed E-state index contributed by atoms with van der Waals surface area (Å²) in [5, 5.41) is 0.749. The van der Waals surface area contributed by atoms with Gasteiger partial charge in [-0.25, -0.2) is 0 Å². The van der Waals surface area contributed by atoms with Crippen molar-refractivity contribution in [1.82, 2.24) is 4.90 Å². The van der Waals surface area contributed by atoms with Crippen LogP contribution in [0.25, 0.3) is 0 Å². The second-order valence-corrected chi connectivity index (χ2v) is 6.33. The highest BCUT2D eigenvalue weighted by Gasteiger charge is 2.20. The maximum Gasteiger partial charge on any atom is 0.142 e. The van der Waals surface area contributed by atoms with Crippen molar-refractivity contribution in [3.63, 3.8) is 0 Å². The van der Waals surface area contributed by atoms with Gasteiger partial charge in [0.25, 0.3) is 0 Å². The summed E-state index contributed by atoms with van der Waals surface area (Å²) in [7, 11) is 3.42. The fraction of sp³-hybridized carbons (Fsp3) is 0.368. The van der Waals surface area contributed by atoms with Crippen LogP contribution in [0, 0.1) is 0 Å². The Kier molecular flexibility index (Phi) is 5.48. The first kappa shape index (κ1) is 16.9. The number of anilines is 1. The largest absolute Gasteiger partial charge is 0.496 e. The van der Waals surface area contributed by atoms with Crippen molar-refractivity contribution in [1.29, 1.82) is 0 Å². The average molecular weight is 347 g/mol. The molecule has 0 bridgehead atoms. The molecule has 0 aromatic heterocycles. The van der Waals surface area contributed by atoms with Gasteiger partial charge < -0.3 is 14.4 Å². The number of halogens is 1. The summed E-state index contributed by atoms with van der Waals surface area (Å²) in [6.07, 6.45) is 0. The molecule has 0 spiro atoms. The molecule has 2 aromatic rings. The molecule has 0 radical (unpaired) electrons. The molecule has 128 valence electrons. The Hall–Kier alpha value is -1.91. The van der Waals surface area contributed by atoms with E-state index in [2.05, 4.69) is 21.9 Å². The fourth-order valence-corrected chi connectivity index (χ4v) is 3.34. The van der Waals surface area contributed by atoms with Crippen LogP contribution in [0.5, 0.6) is 11.5 Å². The Bertz CT molecular complexity index is 685. The second kappa shape index (κ2) is 7.77. The topological polar surface area (TPSA) is 24.9 Å². The first-order valence-electron chi connectivity index (χ1n) is 8.14. The van der Waals surface area contributed by atoms with Crippen molar-refractivity contribution >= 4 is 17.3 Å². The molecule has 3 rings (SSSR count). The van der Waals surface area contributed by atoms with Gasteiger partial charge in [0.05, 0.1) is 19.9 Å². The van der Waals surface area contributed by atoms with Gasteiger partial charge in [0, 0.05) is 43.3 Å². The molecule has 2 aromatic carbocycles. The van der Waals surface area contributed by atoms with E-state index >= 15 is 0 Å². The van der Waals surface area contributed by atoms with Gasteiger partial charge in [0.2, 0.25) is 0 Å². The summed E-state index contributed by atoms with van der Waals surface area (Å²) < 4.78 is 10.9. The van der Waals surface area contributed by atoms with E-state index < -0.39 is 0 Å². The quantitative estimate of drug-likeness (QED) is 0.824. The molecule has 0 saturated carbocycles. The predicted molar refractivity (Wildman–Crippen MR) is 98.5 cm³/mol. The van der Waals surface area contributed by atoms with E-state index in [4.69, 9.17) is 21.1 Å². The molecular formula is C19H23ClN2O2. The third kappa shape index (κ3) is 3.77. The third-order valence-corrected chi connectivity index (χ3v) is 4.67. The molecule has 5 heteroatoms. The normalized spacial score (nSPS) is 15.4. The highest BCUT2D eigenvalue weighted by atomic mass is 35.5. The van der Waals surface area contributed by atoms with Crippen molar-refractivity contribution in [2.24, 2.45) is 0 Å². The summed E-state index contributed by atoms with van der Waals surface area (Å²) in [6.45, 7) is 4.79. The molecule has 24 heavy (non-hydrogen) atoms. The van der Waals surface area contributed by atoms with Crippen LogP contribution in [0.3, 0.4) is 0 Å². The number of nitrogens with zero attached hydrogens (tertiary/aromatic N) is 2. The molecule has 0 amide bonds. The van der Waals surface area contributed by atoms with Gasteiger partial charge in [-0.3, -0.25) is 4.90 Å². The summed E-state index contributed by atoms with van der Waals surface area (Å²) in [4.78, 5) is 4.81. The smallest absolute Gasteiger partial charge is 0.142 e. The molecule has 0 aliphatic carbocycles. The molecule has 1 aliphatic rings. The van der Waals surface area contributed by atoms with Crippen LogP contribution < -0.4 is 14.4 Å². The number of rotatable bonds is 5. The minimum Gasteiger partial charge on any atom is -0.496 e. The lowest BCUT2D eigenvalue weighted by Gasteiger charge is -2.36. The maximum atomic E-state index is 6.13. The maximum absolute atomic E-state index is 6.13. The third-order valence-electron chi connectivity index (χ3n) is 4.43. The lowest BCUT2D eigenvalue weighted by atomic mass is 10.1. The summed E-state index contributed by atoms with van der Waals surface area (Å²) in [5.41, 5.74) is 2.30.